The highest BCUT2D eigenvalue weighted by Gasteiger charge is 2.42. The molecule has 2 aliphatic rings. The molecule has 0 aromatic heterocycles. The fourth-order valence-corrected chi connectivity index (χ4v) is 5.91. The first kappa shape index (κ1) is 29.1. The van der Waals surface area contributed by atoms with Crippen LogP contribution in [0.25, 0.3) is 11.1 Å². The van der Waals surface area contributed by atoms with Crippen LogP contribution in [0.15, 0.2) is 30.3 Å². The number of hydrogen-bond acceptors (Lipinski definition) is 2. The molecule has 2 nitrogen and oxygen atoms in total. The van der Waals surface area contributed by atoms with Gasteiger partial charge in [0.25, 0.3) is 0 Å². The minimum atomic E-state index is -4.84. The van der Waals surface area contributed by atoms with Crippen molar-refractivity contribution >= 4 is 0 Å². The van der Waals surface area contributed by atoms with Crippen molar-refractivity contribution in [3.63, 3.8) is 0 Å². The largest absolute Gasteiger partial charge is 0.490 e. The van der Waals surface area contributed by atoms with Gasteiger partial charge in [0, 0.05) is 17.7 Å². The summed E-state index contributed by atoms with van der Waals surface area (Å²) in [5.41, 5.74) is -3.31. The lowest BCUT2D eigenvalue weighted by atomic mass is 9.73. The van der Waals surface area contributed by atoms with Crippen LogP contribution in [0.5, 0.6) is 11.5 Å². The Morgan fingerprint density at radius 2 is 1.37 bits per heavy atom. The Morgan fingerprint density at radius 3 is 1.95 bits per heavy atom. The summed E-state index contributed by atoms with van der Waals surface area (Å²) >= 11 is 0. The van der Waals surface area contributed by atoms with E-state index in [1.807, 2.05) is 0 Å². The molecule has 0 amide bonds. The third-order valence-corrected chi connectivity index (χ3v) is 8.13. The number of rotatable bonds is 6. The van der Waals surface area contributed by atoms with Crippen molar-refractivity contribution in [2.45, 2.75) is 51.6 Å². The maximum Gasteiger partial charge on any atom is 0.432 e. The summed E-state index contributed by atoms with van der Waals surface area (Å²) in [4.78, 5) is 0. The van der Waals surface area contributed by atoms with E-state index in [1.165, 1.54) is 0 Å². The van der Waals surface area contributed by atoms with Crippen LogP contribution in [0.1, 0.15) is 50.2 Å². The molecule has 0 spiro atoms. The second-order valence-corrected chi connectivity index (χ2v) is 10.6. The fourth-order valence-electron chi connectivity index (χ4n) is 5.91. The molecule has 0 N–H and O–H groups in total. The Labute approximate surface area is 230 Å². The van der Waals surface area contributed by atoms with E-state index < -0.39 is 69.3 Å². The SMILES string of the molecule is CCC1CCC(C2COc3c(cc(F)c(-c4cc(F)c(C(F)(F)Oc5cc(F)c(F)c(F)c5)c(F)c4)c3F)C2)CC1. The molecule has 0 bridgehead atoms. The van der Waals surface area contributed by atoms with Gasteiger partial charge in [-0.25, -0.2) is 30.7 Å². The summed E-state index contributed by atoms with van der Waals surface area (Å²) in [5, 5.41) is 0. The molecule has 3 aromatic rings. The second-order valence-electron chi connectivity index (χ2n) is 10.6. The Hall–Kier alpha value is -3.37. The van der Waals surface area contributed by atoms with Crippen molar-refractivity contribution in [3.05, 3.63) is 82.2 Å². The summed E-state index contributed by atoms with van der Waals surface area (Å²) in [6.07, 6.45) is 0.787. The zero-order valence-electron chi connectivity index (χ0n) is 21.8. The predicted molar refractivity (Wildman–Crippen MR) is 131 cm³/mol. The third-order valence-electron chi connectivity index (χ3n) is 8.13. The molecule has 5 rings (SSSR count). The molecule has 11 heteroatoms. The topological polar surface area (TPSA) is 18.5 Å². The summed E-state index contributed by atoms with van der Waals surface area (Å²) in [5.74, 6) is -12.4. The standard InChI is InChI=1S/C30H25F9O2/c1-2-14-3-5-15(6-4-14)18-7-17-10-20(31)25(28(37)29(17)40-13-18)16-8-21(32)26(22(33)9-16)30(38,39)41-19-11-23(34)27(36)24(35)12-19/h8-12,14-15,18H,2-7,13H2,1H3. The van der Waals surface area contributed by atoms with E-state index in [0.29, 0.717) is 18.3 Å². The molecule has 1 fully saturated rings. The van der Waals surface area contributed by atoms with Gasteiger partial charge in [0.1, 0.15) is 28.8 Å². The number of halogens is 9. The van der Waals surface area contributed by atoms with Crippen molar-refractivity contribution < 1.29 is 49.0 Å². The first-order valence-electron chi connectivity index (χ1n) is 13.2. The summed E-state index contributed by atoms with van der Waals surface area (Å²) in [6.45, 7) is 2.34. The van der Waals surface area contributed by atoms with Gasteiger partial charge in [0.05, 0.1) is 12.2 Å². The maximum atomic E-state index is 15.5. The van der Waals surface area contributed by atoms with Crippen LogP contribution in [0.4, 0.5) is 39.5 Å². The van der Waals surface area contributed by atoms with Crippen LogP contribution >= 0.6 is 0 Å². The lowest BCUT2D eigenvalue weighted by Crippen LogP contribution is -2.31. The first-order chi connectivity index (χ1) is 19.4. The van der Waals surface area contributed by atoms with Gasteiger partial charge in [0.2, 0.25) is 0 Å². The Kier molecular flexibility index (Phi) is 7.91. The van der Waals surface area contributed by atoms with Crippen LogP contribution in [-0.4, -0.2) is 6.61 Å². The molecule has 3 aromatic carbocycles. The molecule has 1 aliphatic carbocycles. The zero-order valence-corrected chi connectivity index (χ0v) is 21.8. The minimum absolute atomic E-state index is 0.0596. The van der Waals surface area contributed by atoms with E-state index in [2.05, 4.69) is 11.7 Å². The molecule has 1 aliphatic heterocycles. The van der Waals surface area contributed by atoms with E-state index in [4.69, 9.17) is 4.74 Å². The Morgan fingerprint density at radius 1 is 0.756 bits per heavy atom. The normalized spacial score (nSPS) is 20.9. The quantitative estimate of drug-likeness (QED) is 0.211. The predicted octanol–water partition coefficient (Wildman–Crippen LogP) is 9.22. The number of ether oxygens (including phenoxy) is 2. The van der Waals surface area contributed by atoms with Crippen LogP contribution in [0.2, 0.25) is 0 Å². The molecule has 0 radical (unpaired) electrons. The lowest BCUT2D eigenvalue weighted by Gasteiger charge is -2.36. The molecule has 1 heterocycles. The Balaban J connectivity index is 1.42. The summed E-state index contributed by atoms with van der Waals surface area (Å²) in [6, 6.07) is 1.72. The van der Waals surface area contributed by atoms with E-state index in [9.17, 15) is 30.7 Å². The van der Waals surface area contributed by atoms with Gasteiger partial charge in [0.15, 0.2) is 29.0 Å². The van der Waals surface area contributed by atoms with E-state index in [1.54, 1.807) is 0 Å². The first-order valence-corrected chi connectivity index (χ1v) is 13.2. The van der Waals surface area contributed by atoms with E-state index in [0.717, 1.165) is 38.2 Å². The average molecular weight is 589 g/mol. The van der Waals surface area contributed by atoms with Crippen LogP contribution in [0.3, 0.4) is 0 Å². The van der Waals surface area contributed by atoms with Crippen LogP contribution in [0, 0.1) is 58.5 Å². The summed E-state index contributed by atoms with van der Waals surface area (Å²) < 4.78 is 139. The number of fused-ring (bicyclic) bond motifs is 1. The van der Waals surface area contributed by atoms with Crippen molar-refractivity contribution in [2.75, 3.05) is 6.61 Å². The van der Waals surface area contributed by atoms with Gasteiger partial charge in [-0.05, 0) is 60.8 Å². The highest BCUT2D eigenvalue weighted by molar-refractivity contribution is 5.69. The minimum Gasteiger partial charge on any atom is -0.490 e. The Bertz CT molecular complexity index is 1420. The van der Waals surface area contributed by atoms with E-state index >= 15 is 8.78 Å². The lowest BCUT2D eigenvalue weighted by molar-refractivity contribution is -0.189. The van der Waals surface area contributed by atoms with Gasteiger partial charge in [-0.3, -0.25) is 0 Å². The van der Waals surface area contributed by atoms with Crippen LogP contribution in [-0.2, 0) is 12.5 Å². The van der Waals surface area contributed by atoms with Gasteiger partial charge >= 0.3 is 6.11 Å². The molecule has 41 heavy (non-hydrogen) atoms. The fraction of sp³-hybridized carbons (Fsp3) is 0.400. The molecule has 1 atom stereocenters. The van der Waals surface area contributed by atoms with Crippen molar-refractivity contribution in [2.24, 2.45) is 17.8 Å². The number of benzene rings is 3. The summed E-state index contributed by atoms with van der Waals surface area (Å²) in [7, 11) is 0. The number of alkyl halides is 2. The van der Waals surface area contributed by atoms with Crippen molar-refractivity contribution in [1.82, 2.24) is 0 Å². The monoisotopic (exact) mass is 588 g/mol. The third kappa shape index (κ3) is 5.59. The molecular formula is C30H25F9O2. The van der Waals surface area contributed by atoms with Gasteiger partial charge in [-0.2, -0.15) is 8.78 Å². The highest BCUT2D eigenvalue weighted by atomic mass is 19.3. The van der Waals surface area contributed by atoms with Gasteiger partial charge < -0.3 is 9.47 Å². The van der Waals surface area contributed by atoms with Crippen molar-refractivity contribution in [3.8, 4) is 22.6 Å². The highest BCUT2D eigenvalue weighted by Crippen LogP contribution is 2.44. The smallest absolute Gasteiger partial charge is 0.432 e. The molecule has 1 saturated carbocycles. The average Bonchev–Trinajstić information content (AvgIpc) is 2.90. The van der Waals surface area contributed by atoms with Gasteiger partial charge in [-0.15, -0.1) is 0 Å². The molecule has 1 unspecified atom stereocenters. The zero-order chi connectivity index (χ0) is 29.6. The number of hydrogen-bond donors (Lipinski definition) is 0. The van der Waals surface area contributed by atoms with Crippen LogP contribution < -0.4 is 9.47 Å². The molecular weight excluding hydrogens is 563 g/mol. The maximum absolute atomic E-state index is 15.5. The van der Waals surface area contributed by atoms with E-state index in [-0.39, 0.29) is 48.1 Å². The van der Waals surface area contributed by atoms with Gasteiger partial charge in [-0.1, -0.05) is 26.2 Å². The molecule has 220 valence electrons. The molecule has 0 saturated heterocycles. The second kappa shape index (κ2) is 11.1. The van der Waals surface area contributed by atoms with Crippen molar-refractivity contribution in [1.29, 1.82) is 0 Å².